The molecule has 0 aliphatic rings. The van der Waals surface area contributed by atoms with Gasteiger partial charge < -0.3 is 15.2 Å². The maximum absolute atomic E-state index is 6.33. The lowest BCUT2D eigenvalue weighted by Gasteiger charge is -2.16. The van der Waals surface area contributed by atoms with Crippen LogP contribution in [0.2, 0.25) is 5.02 Å². The first-order valence-electron chi connectivity index (χ1n) is 6.29. The maximum atomic E-state index is 6.33. The van der Waals surface area contributed by atoms with Gasteiger partial charge in [0.05, 0.1) is 20.3 Å². The largest absolute Gasteiger partial charge is 0.497 e. The lowest BCUT2D eigenvalue weighted by atomic mass is 9.98. The minimum absolute atomic E-state index is 0.281. The van der Waals surface area contributed by atoms with E-state index in [2.05, 4.69) is 0 Å². The zero-order valence-electron chi connectivity index (χ0n) is 11.8. The number of aryl methyl sites for hydroxylation is 1. The number of hydrogen-bond acceptors (Lipinski definition) is 3. The predicted octanol–water partition coefficient (Wildman–Crippen LogP) is 3.71. The van der Waals surface area contributed by atoms with Crippen LogP contribution in [0.5, 0.6) is 11.5 Å². The Morgan fingerprint density at radius 3 is 1.95 bits per heavy atom. The zero-order valence-corrected chi connectivity index (χ0v) is 12.6. The number of hydrogen-bond donors (Lipinski definition) is 1. The number of ether oxygens (including phenoxy) is 2. The van der Waals surface area contributed by atoms with Crippen molar-refractivity contribution in [3.63, 3.8) is 0 Å². The molecule has 0 bridgehead atoms. The fourth-order valence-corrected chi connectivity index (χ4v) is 2.44. The molecule has 0 aromatic heterocycles. The summed E-state index contributed by atoms with van der Waals surface area (Å²) in [6.07, 6.45) is 0. The van der Waals surface area contributed by atoms with Crippen LogP contribution >= 0.6 is 11.6 Å². The monoisotopic (exact) mass is 291 g/mol. The molecule has 4 heteroatoms. The van der Waals surface area contributed by atoms with E-state index in [1.54, 1.807) is 14.2 Å². The van der Waals surface area contributed by atoms with Crippen molar-refractivity contribution in [2.75, 3.05) is 14.2 Å². The molecule has 0 heterocycles. The fraction of sp³-hybridized carbons (Fsp3) is 0.250. The van der Waals surface area contributed by atoms with Crippen molar-refractivity contribution in [2.45, 2.75) is 13.0 Å². The molecule has 0 fully saturated rings. The molecule has 0 radical (unpaired) electrons. The van der Waals surface area contributed by atoms with Gasteiger partial charge in [-0.15, -0.1) is 0 Å². The molecule has 2 aromatic rings. The first kappa shape index (κ1) is 14.7. The van der Waals surface area contributed by atoms with Gasteiger partial charge in [0.25, 0.3) is 0 Å². The molecule has 2 rings (SSSR count). The first-order valence-corrected chi connectivity index (χ1v) is 6.67. The van der Waals surface area contributed by atoms with E-state index in [1.165, 1.54) is 0 Å². The molecule has 0 amide bonds. The summed E-state index contributed by atoms with van der Waals surface area (Å²) in [5.41, 5.74) is 9.30. The van der Waals surface area contributed by atoms with E-state index in [0.29, 0.717) is 16.5 Å². The highest BCUT2D eigenvalue weighted by Crippen LogP contribution is 2.30. The van der Waals surface area contributed by atoms with Gasteiger partial charge in [-0.1, -0.05) is 17.7 Å². The highest BCUT2D eigenvalue weighted by molar-refractivity contribution is 6.30. The predicted molar refractivity (Wildman–Crippen MR) is 81.8 cm³/mol. The number of rotatable bonds is 4. The van der Waals surface area contributed by atoms with E-state index in [1.807, 2.05) is 43.3 Å². The molecule has 20 heavy (non-hydrogen) atoms. The third-order valence-corrected chi connectivity index (χ3v) is 3.37. The van der Waals surface area contributed by atoms with Crippen LogP contribution in [0, 0.1) is 6.92 Å². The summed E-state index contributed by atoms with van der Waals surface area (Å²) in [6, 6.07) is 11.2. The Hall–Kier alpha value is -1.71. The lowest BCUT2D eigenvalue weighted by molar-refractivity contribution is 0.393. The van der Waals surface area contributed by atoms with Crippen LogP contribution in [0.15, 0.2) is 36.4 Å². The lowest BCUT2D eigenvalue weighted by Crippen LogP contribution is -2.12. The summed E-state index contributed by atoms with van der Waals surface area (Å²) in [7, 11) is 3.24. The van der Waals surface area contributed by atoms with E-state index in [0.717, 1.165) is 16.7 Å². The van der Waals surface area contributed by atoms with Gasteiger partial charge in [0.15, 0.2) is 0 Å². The summed E-state index contributed by atoms with van der Waals surface area (Å²) in [6.45, 7) is 1.99. The SMILES string of the molecule is COc1cc(OC)cc(C(N)c2cc(C)cc(Cl)c2)c1. The molecular weight excluding hydrogens is 274 g/mol. The molecule has 0 saturated heterocycles. The second-order valence-electron chi connectivity index (χ2n) is 4.69. The van der Waals surface area contributed by atoms with Gasteiger partial charge in [0.1, 0.15) is 11.5 Å². The van der Waals surface area contributed by atoms with Crippen LogP contribution in [0.4, 0.5) is 0 Å². The second-order valence-corrected chi connectivity index (χ2v) is 5.12. The van der Waals surface area contributed by atoms with Gasteiger partial charge in [-0.2, -0.15) is 0 Å². The van der Waals surface area contributed by atoms with Crippen molar-refractivity contribution in [2.24, 2.45) is 5.73 Å². The van der Waals surface area contributed by atoms with Gasteiger partial charge >= 0.3 is 0 Å². The van der Waals surface area contributed by atoms with Crippen molar-refractivity contribution < 1.29 is 9.47 Å². The van der Waals surface area contributed by atoms with Gasteiger partial charge in [-0.05, 0) is 47.9 Å². The Morgan fingerprint density at radius 1 is 0.900 bits per heavy atom. The fourth-order valence-electron chi connectivity index (χ4n) is 2.15. The Balaban J connectivity index is 2.43. The van der Waals surface area contributed by atoms with Crippen molar-refractivity contribution in [3.05, 3.63) is 58.1 Å². The Kier molecular flexibility index (Phi) is 4.53. The number of benzene rings is 2. The number of halogens is 1. The molecule has 3 nitrogen and oxygen atoms in total. The Bertz CT molecular complexity index is 571. The first-order chi connectivity index (χ1) is 9.53. The van der Waals surface area contributed by atoms with E-state index in [-0.39, 0.29) is 6.04 Å². The molecule has 0 saturated carbocycles. The highest BCUT2D eigenvalue weighted by Gasteiger charge is 2.13. The van der Waals surface area contributed by atoms with Gasteiger partial charge in [0.2, 0.25) is 0 Å². The molecular formula is C16H18ClNO2. The average Bonchev–Trinajstić information content (AvgIpc) is 2.44. The minimum Gasteiger partial charge on any atom is -0.497 e. The normalized spacial score (nSPS) is 12.1. The summed E-state index contributed by atoms with van der Waals surface area (Å²) >= 11 is 6.09. The standard InChI is InChI=1S/C16H18ClNO2/c1-10-4-11(6-13(17)5-10)16(18)12-7-14(19-2)9-15(8-12)20-3/h4-9,16H,18H2,1-3H3. The van der Waals surface area contributed by atoms with Crippen molar-refractivity contribution in [3.8, 4) is 11.5 Å². The minimum atomic E-state index is -0.281. The molecule has 2 aromatic carbocycles. The van der Waals surface area contributed by atoms with Crippen LogP contribution in [-0.2, 0) is 0 Å². The number of nitrogens with two attached hydrogens (primary N) is 1. The molecule has 0 aliphatic carbocycles. The van der Waals surface area contributed by atoms with Gasteiger partial charge in [-0.3, -0.25) is 0 Å². The third kappa shape index (κ3) is 3.24. The van der Waals surface area contributed by atoms with Crippen LogP contribution in [0.25, 0.3) is 0 Å². The smallest absolute Gasteiger partial charge is 0.122 e. The summed E-state index contributed by atoms with van der Waals surface area (Å²) < 4.78 is 10.5. The van der Waals surface area contributed by atoms with Crippen LogP contribution in [-0.4, -0.2) is 14.2 Å². The second kappa shape index (κ2) is 6.16. The van der Waals surface area contributed by atoms with Gasteiger partial charge in [-0.25, -0.2) is 0 Å². The van der Waals surface area contributed by atoms with E-state index in [4.69, 9.17) is 26.8 Å². The molecule has 1 atom stereocenters. The van der Waals surface area contributed by atoms with Crippen molar-refractivity contribution >= 4 is 11.6 Å². The Labute approximate surface area is 124 Å². The third-order valence-electron chi connectivity index (χ3n) is 3.16. The molecule has 1 unspecified atom stereocenters. The molecule has 106 valence electrons. The van der Waals surface area contributed by atoms with E-state index < -0.39 is 0 Å². The summed E-state index contributed by atoms with van der Waals surface area (Å²) in [5, 5.41) is 0.685. The van der Waals surface area contributed by atoms with E-state index >= 15 is 0 Å². The van der Waals surface area contributed by atoms with Crippen LogP contribution < -0.4 is 15.2 Å². The van der Waals surface area contributed by atoms with Crippen LogP contribution in [0.3, 0.4) is 0 Å². The summed E-state index contributed by atoms with van der Waals surface area (Å²) in [5.74, 6) is 1.43. The molecule has 0 aliphatic heterocycles. The zero-order chi connectivity index (χ0) is 14.7. The quantitative estimate of drug-likeness (QED) is 0.934. The topological polar surface area (TPSA) is 44.5 Å². The maximum Gasteiger partial charge on any atom is 0.122 e. The van der Waals surface area contributed by atoms with E-state index in [9.17, 15) is 0 Å². The van der Waals surface area contributed by atoms with Crippen LogP contribution in [0.1, 0.15) is 22.7 Å². The van der Waals surface area contributed by atoms with Crippen molar-refractivity contribution in [1.29, 1.82) is 0 Å². The Morgan fingerprint density at radius 2 is 1.45 bits per heavy atom. The highest BCUT2D eigenvalue weighted by atomic mass is 35.5. The summed E-state index contributed by atoms with van der Waals surface area (Å²) in [4.78, 5) is 0. The van der Waals surface area contributed by atoms with Crippen molar-refractivity contribution in [1.82, 2.24) is 0 Å². The van der Waals surface area contributed by atoms with Gasteiger partial charge in [0, 0.05) is 11.1 Å². The molecule has 0 spiro atoms. The number of methoxy groups -OCH3 is 2. The molecule has 2 N–H and O–H groups in total. The average molecular weight is 292 g/mol.